The lowest BCUT2D eigenvalue weighted by Crippen LogP contribution is -2.31. The van der Waals surface area contributed by atoms with Crippen molar-refractivity contribution in [3.8, 4) is 0 Å². The van der Waals surface area contributed by atoms with Crippen LogP contribution in [0.25, 0.3) is 0 Å². The highest BCUT2D eigenvalue weighted by Gasteiger charge is 2.19. The Morgan fingerprint density at radius 1 is 1.41 bits per heavy atom. The van der Waals surface area contributed by atoms with Crippen LogP contribution in [0.3, 0.4) is 0 Å². The smallest absolute Gasteiger partial charge is 0.0239 e. The summed E-state index contributed by atoms with van der Waals surface area (Å²) in [4.78, 5) is 2.53. The summed E-state index contributed by atoms with van der Waals surface area (Å²) in [7, 11) is 0. The molecule has 17 heavy (non-hydrogen) atoms. The first-order valence-electron chi connectivity index (χ1n) is 6.79. The molecule has 1 unspecified atom stereocenters. The van der Waals surface area contributed by atoms with Crippen LogP contribution in [0.5, 0.6) is 0 Å². The second-order valence-corrected chi connectivity index (χ2v) is 5.08. The quantitative estimate of drug-likeness (QED) is 0.864. The third-order valence-corrected chi connectivity index (χ3v) is 3.97. The number of hydrogen-bond donors (Lipinski definition) is 1. The van der Waals surface area contributed by atoms with E-state index >= 15 is 0 Å². The van der Waals surface area contributed by atoms with Gasteiger partial charge >= 0.3 is 0 Å². The molecule has 1 heterocycles. The van der Waals surface area contributed by atoms with Gasteiger partial charge in [0, 0.05) is 13.1 Å². The van der Waals surface area contributed by atoms with Gasteiger partial charge in [0.2, 0.25) is 0 Å². The zero-order chi connectivity index (χ0) is 12.3. The predicted octanol–water partition coefficient (Wildman–Crippen LogP) is 2.52. The summed E-state index contributed by atoms with van der Waals surface area (Å²) in [5.74, 6) is 0.590. The Hall–Kier alpha value is -0.860. The topological polar surface area (TPSA) is 29.3 Å². The molecule has 0 amide bonds. The minimum atomic E-state index is 0.590. The molecule has 2 nitrogen and oxygen atoms in total. The van der Waals surface area contributed by atoms with Gasteiger partial charge in [-0.25, -0.2) is 0 Å². The minimum absolute atomic E-state index is 0.590. The highest BCUT2D eigenvalue weighted by molar-refractivity contribution is 5.38. The highest BCUT2D eigenvalue weighted by atomic mass is 15.1. The molecule has 0 aliphatic carbocycles. The Labute approximate surface area is 105 Å². The maximum atomic E-state index is 5.69. The van der Waals surface area contributed by atoms with Crippen LogP contribution in [0.1, 0.15) is 42.9 Å². The summed E-state index contributed by atoms with van der Waals surface area (Å²) in [5, 5.41) is 0. The summed E-state index contributed by atoms with van der Waals surface area (Å²) in [6, 6.07) is 6.79. The van der Waals surface area contributed by atoms with Crippen LogP contribution < -0.4 is 5.73 Å². The molecule has 1 aliphatic heterocycles. The molecule has 0 saturated heterocycles. The first-order chi connectivity index (χ1) is 8.26. The van der Waals surface area contributed by atoms with E-state index in [9.17, 15) is 0 Å². The number of benzene rings is 1. The first kappa shape index (κ1) is 12.6. The molecule has 2 heteroatoms. The summed E-state index contributed by atoms with van der Waals surface area (Å²) >= 11 is 0. The number of fused-ring (bicyclic) bond motifs is 1. The van der Waals surface area contributed by atoms with Crippen molar-refractivity contribution in [2.45, 2.75) is 39.2 Å². The van der Waals surface area contributed by atoms with E-state index in [0.29, 0.717) is 5.92 Å². The SMILES string of the molecule is CCN1CCc2cccc(C(C)CCN)c2C1. The number of nitrogens with two attached hydrogens (primary N) is 1. The largest absolute Gasteiger partial charge is 0.330 e. The van der Waals surface area contributed by atoms with Gasteiger partial charge in [0.15, 0.2) is 0 Å². The average molecular weight is 232 g/mol. The Morgan fingerprint density at radius 3 is 2.94 bits per heavy atom. The van der Waals surface area contributed by atoms with Gasteiger partial charge in [0.25, 0.3) is 0 Å². The molecule has 1 atom stereocenters. The van der Waals surface area contributed by atoms with Crippen molar-refractivity contribution in [3.63, 3.8) is 0 Å². The standard InChI is InChI=1S/C15H24N2/c1-3-17-10-8-13-5-4-6-14(15(13)11-17)12(2)7-9-16/h4-6,12H,3,7-11,16H2,1-2H3. The van der Waals surface area contributed by atoms with Gasteiger partial charge in [-0.15, -0.1) is 0 Å². The summed E-state index contributed by atoms with van der Waals surface area (Å²) in [6.45, 7) is 8.81. The molecule has 0 bridgehead atoms. The normalized spacial score (nSPS) is 17.8. The lowest BCUT2D eigenvalue weighted by atomic mass is 9.87. The highest BCUT2D eigenvalue weighted by Crippen LogP contribution is 2.29. The van der Waals surface area contributed by atoms with Crippen LogP contribution in [0, 0.1) is 0 Å². The van der Waals surface area contributed by atoms with Crippen molar-refractivity contribution >= 4 is 0 Å². The minimum Gasteiger partial charge on any atom is -0.330 e. The molecule has 1 aliphatic rings. The molecule has 2 N–H and O–H groups in total. The Bertz CT molecular complexity index is 373. The number of rotatable bonds is 4. The molecular weight excluding hydrogens is 208 g/mol. The Kier molecular flexibility index (Phi) is 4.19. The number of nitrogens with zero attached hydrogens (tertiary/aromatic N) is 1. The van der Waals surface area contributed by atoms with E-state index in [1.165, 1.54) is 18.5 Å². The van der Waals surface area contributed by atoms with E-state index in [0.717, 1.165) is 26.1 Å². The van der Waals surface area contributed by atoms with Crippen LogP contribution in [0.2, 0.25) is 0 Å². The molecule has 0 radical (unpaired) electrons. The molecule has 0 aromatic heterocycles. The van der Waals surface area contributed by atoms with Gasteiger partial charge in [0.1, 0.15) is 0 Å². The fraction of sp³-hybridized carbons (Fsp3) is 0.600. The Morgan fingerprint density at radius 2 is 2.24 bits per heavy atom. The summed E-state index contributed by atoms with van der Waals surface area (Å²) < 4.78 is 0. The molecule has 1 aromatic rings. The van der Waals surface area contributed by atoms with Crippen LogP contribution in [0.4, 0.5) is 0 Å². The van der Waals surface area contributed by atoms with E-state index < -0.39 is 0 Å². The number of hydrogen-bond acceptors (Lipinski definition) is 2. The molecule has 94 valence electrons. The lowest BCUT2D eigenvalue weighted by Gasteiger charge is -2.30. The van der Waals surface area contributed by atoms with E-state index in [1.807, 2.05) is 0 Å². The van der Waals surface area contributed by atoms with Gasteiger partial charge in [-0.3, -0.25) is 4.90 Å². The summed E-state index contributed by atoms with van der Waals surface area (Å²) in [6.07, 6.45) is 2.29. The molecule has 1 aromatic carbocycles. The van der Waals surface area contributed by atoms with Crippen molar-refractivity contribution in [1.82, 2.24) is 4.90 Å². The lowest BCUT2D eigenvalue weighted by molar-refractivity contribution is 0.266. The Balaban J connectivity index is 2.28. The van der Waals surface area contributed by atoms with Crippen LogP contribution >= 0.6 is 0 Å². The van der Waals surface area contributed by atoms with Gasteiger partial charge < -0.3 is 5.73 Å². The fourth-order valence-electron chi connectivity index (χ4n) is 2.80. The second kappa shape index (κ2) is 5.65. The summed E-state index contributed by atoms with van der Waals surface area (Å²) in [5.41, 5.74) is 10.3. The average Bonchev–Trinajstić information content (AvgIpc) is 2.37. The molecule has 0 fully saturated rings. The predicted molar refractivity (Wildman–Crippen MR) is 73.2 cm³/mol. The third-order valence-electron chi connectivity index (χ3n) is 3.97. The zero-order valence-electron chi connectivity index (χ0n) is 11.1. The molecule has 0 saturated carbocycles. The van der Waals surface area contributed by atoms with Crippen molar-refractivity contribution in [2.24, 2.45) is 5.73 Å². The molecule has 2 rings (SSSR count). The van der Waals surface area contributed by atoms with Gasteiger partial charge in [-0.2, -0.15) is 0 Å². The van der Waals surface area contributed by atoms with Gasteiger partial charge in [0.05, 0.1) is 0 Å². The third kappa shape index (κ3) is 2.70. The maximum absolute atomic E-state index is 5.69. The van der Waals surface area contributed by atoms with E-state index in [4.69, 9.17) is 5.73 Å². The molecular formula is C15H24N2. The van der Waals surface area contributed by atoms with E-state index in [1.54, 1.807) is 11.1 Å². The monoisotopic (exact) mass is 232 g/mol. The zero-order valence-corrected chi connectivity index (χ0v) is 11.1. The van der Waals surface area contributed by atoms with E-state index in [-0.39, 0.29) is 0 Å². The van der Waals surface area contributed by atoms with Crippen LogP contribution in [0.15, 0.2) is 18.2 Å². The van der Waals surface area contributed by atoms with Crippen molar-refractivity contribution in [1.29, 1.82) is 0 Å². The first-order valence-corrected chi connectivity index (χ1v) is 6.79. The molecule has 0 spiro atoms. The van der Waals surface area contributed by atoms with Crippen molar-refractivity contribution in [3.05, 3.63) is 34.9 Å². The second-order valence-electron chi connectivity index (χ2n) is 5.08. The van der Waals surface area contributed by atoms with Gasteiger partial charge in [-0.05, 0) is 48.5 Å². The van der Waals surface area contributed by atoms with Crippen molar-refractivity contribution in [2.75, 3.05) is 19.6 Å². The van der Waals surface area contributed by atoms with Crippen molar-refractivity contribution < 1.29 is 0 Å². The van der Waals surface area contributed by atoms with Gasteiger partial charge in [-0.1, -0.05) is 32.0 Å². The van der Waals surface area contributed by atoms with E-state index in [2.05, 4.69) is 36.9 Å². The maximum Gasteiger partial charge on any atom is 0.0239 e. The van der Waals surface area contributed by atoms with Crippen LogP contribution in [-0.4, -0.2) is 24.5 Å². The van der Waals surface area contributed by atoms with Crippen LogP contribution in [-0.2, 0) is 13.0 Å². The number of likely N-dealkylation sites (N-methyl/N-ethyl adjacent to an activating group) is 1. The fourth-order valence-corrected chi connectivity index (χ4v) is 2.80.